The number of halogens is 6. The van der Waals surface area contributed by atoms with Gasteiger partial charge in [-0.25, -0.2) is 26.3 Å². The summed E-state index contributed by atoms with van der Waals surface area (Å²) < 4.78 is 82.7. The van der Waals surface area contributed by atoms with Crippen LogP contribution in [-0.2, 0) is 0 Å². The molecule has 0 fully saturated rings. The van der Waals surface area contributed by atoms with Gasteiger partial charge in [0.2, 0.25) is 0 Å². The molecule has 0 saturated heterocycles. The average Bonchev–Trinajstić information content (AvgIpc) is 0.792. The number of phenolic OH excluding ortho intramolecular Hbond substituents is 5. The van der Waals surface area contributed by atoms with Gasteiger partial charge in [-0.3, -0.25) is 0 Å². The van der Waals surface area contributed by atoms with Crippen LogP contribution in [0.15, 0.2) is 182 Å². The van der Waals surface area contributed by atoms with Gasteiger partial charge >= 0.3 is 0 Å². The zero-order chi connectivity index (χ0) is 79.6. The van der Waals surface area contributed by atoms with Crippen molar-refractivity contribution < 1.29 is 51.9 Å². The summed E-state index contributed by atoms with van der Waals surface area (Å²) >= 11 is 0. The number of aryl methyl sites for hydroxylation is 2. The third-order valence-corrected chi connectivity index (χ3v) is 38.5. The first-order chi connectivity index (χ1) is 48.8. The Balaban J connectivity index is 0.000000208. The van der Waals surface area contributed by atoms with E-state index in [1.165, 1.54) is 51.1 Å². The molecule has 0 aliphatic heterocycles. The number of phenols is 5. The number of rotatable bonds is 17. The molecule has 10 rings (SSSR count). The Morgan fingerprint density at radius 1 is 0.245 bits per heavy atom. The molecule has 10 aromatic rings. The molecule has 5 atom stereocenters. The first-order valence-electron chi connectivity index (χ1n) is 35.4. The molecule has 0 bridgehead atoms. The van der Waals surface area contributed by atoms with Crippen LogP contribution >= 0.6 is 42.9 Å². The molecule has 5 N–H and O–H groups in total. The van der Waals surface area contributed by atoms with Gasteiger partial charge in [0.1, 0.15) is 63.7 Å². The van der Waals surface area contributed by atoms with Gasteiger partial charge in [-0.15, -0.1) is 0 Å². The molecule has 0 heterocycles. The fourth-order valence-electron chi connectivity index (χ4n) is 10.9. The van der Waals surface area contributed by atoms with Gasteiger partial charge in [-0.1, -0.05) is 329 Å². The van der Waals surface area contributed by atoms with Crippen molar-refractivity contribution in [1.82, 2.24) is 0 Å². The molecule has 0 aliphatic carbocycles. The number of hydrogen-bond donors (Lipinski definition) is 5. The Kier molecular flexibility index (Phi) is 31.2. The first-order valence-corrected chi connectivity index (χ1v) is 64.9. The summed E-state index contributed by atoms with van der Waals surface area (Å²) in [6.07, 6.45) is 0. The molecule has 5 unspecified atom stereocenters. The minimum absolute atomic E-state index is 0.0255. The Hall–Kier alpha value is -5.55. The Morgan fingerprint density at radius 3 is 0.962 bits per heavy atom. The van der Waals surface area contributed by atoms with Crippen LogP contribution in [0.4, 0.5) is 26.3 Å². The van der Waals surface area contributed by atoms with Crippen LogP contribution in [0.1, 0.15) is 11.1 Å². The van der Waals surface area contributed by atoms with E-state index in [4.69, 9.17) is 0 Å². The van der Waals surface area contributed by atoms with Crippen LogP contribution < -0.4 is 89.4 Å². The second kappa shape index (κ2) is 37.0. The van der Waals surface area contributed by atoms with Crippen LogP contribution in [0.2, 0.25) is 137 Å². The molecule has 106 heavy (non-hydrogen) atoms. The normalized spacial score (nSPS) is 12.6. The van der Waals surface area contributed by atoms with E-state index in [1.54, 1.807) is 42.5 Å². The van der Waals surface area contributed by atoms with Crippen LogP contribution in [0, 0.1) is 48.8 Å². The lowest BCUT2D eigenvalue weighted by Crippen LogP contribution is -2.47. The van der Waals surface area contributed by atoms with E-state index >= 15 is 0 Å². The van der Waals surface area contributed by atoms with E-state index in [1.807, 2.05) is 98.8 Å². The van der Waals surface area contributed by atoms with Crippen molar-refractivity contribution in [3.05, 3.63) is 228 Å². The summed E-state index contributed by atoms with van der Waals surface area (Å²) in [5.41, 5.74) is 1.84. The van der Waals surface area contributed by atoms with E-state index in [0.717, 1.165) is 59.3 Å². The van der Waals surface area contributed by atoms with Gasteiger partial charge < -0.3 is 25.5 Å². The number of benzene rings is 10. The molecule has 23 heteroatoms. The summed E-state index contributed by atoms with van der Waals surface area (Å²) in [6, 6.07) is 53.5. The zero-order valence-electron chi connectivity index (χ0n) is 65.8. The first kappa shape index (κ1) is 89.3. The largest absolute Gasteiger partial charge is 0.507 e. The van der Waals surface area contributed by atoms with Crippen LogP contribution in [-0.4, -0.2) is 82.0 Å². The monoisotopic (exact) mass is 1650 g/mol. The van der Waals surface area contributed by atoms with Gasteiger partial charge in [-0.2, -0.15) is 0 Å². The quantitative estimate of drug-likeness (QED) is 0.0355. The van der Waals surface area contributed by atoms with E-state index in [-0.39, 0.29) is 77.7 Å². The highest BCUT2D eigenvalue weighted by molar-refractivity contribution is 7.57. The summed E-state index contributed by atoms with van der Waals surface area (Å²) in [5.74, 6) is -0.392. The maximum atomic E-state index is 14.0. The molecule has 0 aliphatic rings. The van der Waals surface area contributed by atoms with Gasteiger partial charge in [0.25, 0.3) is 0 Å². The number of para-hydroxylation sites is 1. The van der Waals surface area contributed by atoms with E-state index in [2.05, 4.69) is 156 Å². The van der Waals surface area contributed by atoms with Crippen molar-refractivity contribution >= 4 is 189 Å². The van der Waals surface area contributed by atoms with Crippen molar-refractivity contribution in [3.63, 3.8) is 0 Å². The van der Waals surface area contributed by atoms with E-state index in [0.29, 0.717) is 43.8 Å². The lowest BCUT2D eigenvalue weighted by atomic mass is 10.2. The molecule has 0 radical (unpaired) electrons. The molecule has 0 saturated carbocycles. The second-order valence-electron chi connectivity index (χ2n) is 33.9. The lowest BCUT2D eigenvalue weighted by molar-refractivity contribution is 0.479. The third kappa shape index (κ3) is 25.8. The SMILES string of the molecule is C[Si](C)(C)c1cc(Pc2ccc(F)cc2F)c(O)c([Si](C)(C)C)c1.C[Si](C)(C)c1cc(Pc2ccccc2F)c(O)c([Si](C)(C)C)c1.C[Si](C)(C)c1ccc(O)c(Pc2ccccc2F)c1.Cc1ccc(Pc2cc([Si](C)(C)C)ccc2O)c(F)c1.Cc1cccc(F)c1Pc1cccc([Si](C)(C)C)c1O. The summed E-state index contributed by atoms with van der Waals surface area (Å²) in [4.78, 5) is 0. The molecular weight excluding hydrogens is 1540 g/mol. The van der Waals surface area contributed by atoms with Gasteiger partial charge in [0.05, 0.1) is 56.5 Å². The van der Waals surface area contributed by atoms with Crippen LogP contribution in [0.5, 0.6) is 28.7 Å². The fraction of sp³-hybridized carbons (Fsp3) is 0.277. The Bertz CT molecular complexity index is 4690. The predicted octanol–water partition coefficient (Wildman–Crippen LogP) is 15.4. The maximum absolute atomic E-state index is 14.0. The van der Waals surface area contributed by atoms with E-state index in [9.17, 15) is 51.9 Å². The molecular formula is C83H109F6O5P5Si7. The lowest BCUT2D eigenvalue weighted by Gasteiger charge is -2.25. The zero-order valence-corrected chi connectivity index (χ0v) is 77.8. The summed E-state index contributed by atoms with van der Waals surface area (Å²) in [7, 11) is -10.4. The van der Waals surface area contributed by atoms with Crippen molar-refractivity contribution in [2.75, 3.05) is 0 Å². The summed E-state index contributed by atoms with van der Waals surface area (Å²) in [6.45, 7) is 51.0. The molecule has 10 aromatic carbocycles. The van der Waals surface area contributed by atoms with Crippen molar-refractivity contribution in [2.45, 2.75) is 151 Å². The minimum atomic E-state index is -1.74. The number of hydrogen-bond acceptors (Lipinski definition) is 5. The molecule has 0 amide bonds. The topological polar surface area (TPSA) is 101 Å². The minimum Gasteiger partial charge on any atom is -0.507 e. The van der Waals surface area contributed by atoms with Gasteiger partial charge in [0.15, 0.2) is 0 Å². The maximum Gasteiger partial charge on any atom is 0.133 e. The number of aromatic hydroxyl groups is 5. The molecule has 5 nitrogen and oxygen atoms in total. The highest BCUT2D eigenvalue weighted by Gasteiger charge is 2.30. The van der Waals surface area contributed by atoms with Gasteiger partial charge in [-0.05, 0) is 89.1 Å². The summed E-state index contributed by atoms with van der Waals surface area (Å²) in [5, 5.41) is 67.6. The van der Waals surface area contributed by atoms with E-state index < -0.39 is 68.2 Å². The smallest absolute Gasteiger partial charge is 0.133 e. The molecule has 0 spiro atoms. The van der Waals surface area contributed by atoms with Crippen LogP contribution in [0.25, 0.3) is 0 Å². The Labute approximate surface area is 644 Å². The van der Waals surface area contributed by atoms with Crippen molar-refractivity contribution in [1.29, 1.82) is 0 Å². The third-order valence-electron chi connectivity index (χ3n) is 17.5. The molecule has 566 valence electrons. The predicted molar refractivity (Wildman–Crippen MR) is 481 cm³/mol. The standard InChI is InChI=1S/C18H25F2OPSi2.C18H26FOPSi2.2C16H20FOPSi.C15H18FOPSi/c1-23(2,3)13-10-16(18(21)17(11-13)24(4,5)6)22-15-8-7-12(19)9-14(15)20;1-22(2,3)13-11-16(18(20)17(12-13)23(4,5)6)21-15-10-8-7-9-14(15)19;1-11-5-8-15(13(17)9-11)19-16-10-12(20(2,3)4)6-7-14(16)18;1-11-7-5-8-12(17)16(11)19-13-9-6-10-14(15(13)18)20(2,3)4;1-19(2,3)11-8-9-13(17)15(10-11)18-14-7-5-4-6-12(14)16/h7-11,21-22H,1-6H3;7-12,20-21H,1-6H3;2*5-10,18-19H,1-4H3;4-10,17-18H,1-3H3. The Morgan fingerprint density at radius 2 is 0.585 bits per heavy atom. The highest BCUT2D eigenvalue weighted by atomic mass is 31.1. The highest BCUT2D eigenvalue weighted by Crippen LogP contribution is 2.28. The van der Waals surface area contributed by atoms with Gasteiger partial charge in [0, 0.05) is 59.1 Å². The second-order valence-corrected chi connectivity index (χ2v) is 75.9. The molecule has 0 aromatic heterocycles. The van der Waals surface area contributed by atoms with Crippen molar-refractivity contribution in [2.24, 2.45) is 0 Å². The van der Waals surface area contributed by atoms with Crippen molar-refractivity contribution in [3.8, 4) is 28.7 Å². The average molecular weight is 1650 g/mol. The van der Waals surface area contributed by atoms with Crippen LogP contribution in [0.3, 0.4) is 0 Å². The fourth-order valence-corrected chi connectivity index (χ4v) is 26.7.